The van der Waals surface area contributed by atoms with Crippen LogP contribution in [0.15, 0.2) is 362 Å². The third-order valence-corrected chi connectivity index (χ3v) is 21.4. The number of aliphatic hydroxyl groups is 1. The van der Waals surface area contributed by atoms with Gasteiger partial charge >= 0.3 is 18.9 Å². The first-order valence-electron chi connectivity index (χ1n) is 35.6. The largest absolute Gasteiger partial charge is 1.00 e. The van der Waals surface area contributed by atoms with Gasteiger partial charge in [-0.3, -0.25) is 9.59 Å². The van der Waals surface area contributed by atoms with E-state index < -0.39 is 11.6 Å². The fourth-order valence-corrected chi connectivity index (χ4v) is 16.3. The van der Waals surface area contributed by atoms with Crippen LogP contribution in [0.25, 0.3) is 100 Å². The number of halogens is 5. The Morgan fingerprint density at radius 2 is 0.615 bits per heavy atom. The average molecular weight is 1560 g/mol. The molecule has 0 fully saturated rings. The summed E-state index contributed by atoms with van der Waals surface area (Å²) in [5.41, 5.74) is 28.7. The van der Waals surface area contributed by atoms with Crippen LogP contribution < -0.4 is 18.9 Å². The minimum absolute atomic E-state index is 0. The van der Waals surface area contributed by atoms with Crippen molar-refractivity contribution in [2.75, 3.05) is 0 Å². The number of unbranched alkanes of at least 4 members (excludes halogenated alkanes) is 1. The van der Waals surface area contributed by atoms with Gasteiger partial charge < -0.3 is 17.1 Å². The summed E-state index contributed by atoms with van der Waals surface area (Å²) in [6, 6.07) is 122. The predicted molar refractivity (Wildman–Crippen MR) is 456 cm³/mol. The molecule has 109 heavy (non-hydrogen) atoms. The Balaban J connectivity index is 0.000000136. The number of rotatable bonds is 7. The van der Waals surface area contributed by atoms with E-state index in [0.717, 1.165) is 106 Å². The second-order valence-corrected chi connectivity index (χ2v) is 28.5. The molecule has 2 N–H and O–H groups in total. The second-order valence-electron chi connectivity index (χ2n) is 26.4. The zero-order valence-electron chi connectivity index (χ0n) is 60.3. The Labute approximate surface area is 680 Å². The molecular formula is C99H74BrCl4LiO4. The van der Waals surface area contributed by atoms with Crippen LogP contribution in [-0.4, -0.2) is 22.0 Å². The van der Waals surface area contributed by atoms with Crippen LogP contribution in [-0.2, 0) is 15.8 Å². The van der Waals surface area contributed by atoms with Crippen molar-refractivity contribution in [1.29, 1.82) is 0 Å². The molecule has 4 aliphatic carbocycles. The molecule has 1 unspecified atom stereocenters. The summed E-state index contributed by atoms with van der Waals surface area (Å²) in [6.07, 6.45) is 2.28. The Morgan fingerprint density at radius 1 is 0.339 bits per heavy atom. The van der Waals surface area contributed by atoms with E-state index in [4.69, 9.17) is 44.7 Å². The van der Waals surface area contributed by atoms with Crippen molar-refractivity contribution in [3.05, 3.63) is 434 Å². The van der Waals surface area contributed by atoms with Crippen molar-refractivity contribution in [3.63, 3.8) is 0 Å². The van der Waals surface area contributed by atoms with Crippen molar-refractivity contribution in [2.24, 2.45) is 0 Å². The van der Waals surface area contributed by atoms with Gasteiger partial charge in [0.1, 0.15) is 5.60 Å². The van der Waals surface area contributed by atoms with Gasteiger partial charge in [0.05, 0.1) is 5.41 Å². The van der Waals surface area contributed by atoms with E-state index in [9.17, 15) is 9.90 Å². The molecule has 0 aromatic heterocycles. The number of carboxylic acids is 1. The van der Waals surface area contributed by atoms with Crippen LogP contribution in [0.4, 0.5) is 0 Å². The number of hydrogen-bond donors (Lipinski definition) is 2. The molecule has 0 radical (unpaired) electrons. The van der Waals surface area contributed by atoms with Gasteiger partial charge in [0.25, 0.3) is 5.97 Å². The monoisotopic (exact) mass is 1550 g/mol. The molecule has 530 valence electrons. The van der Waals surface area contributed by atoms with E-state index >= 15 is 0 Å². The van der Waals surface area contributed by atoms with E-state index in [0.29, 0.717) is 10.0 Å². The Hall–Kier alpha value is -10.4. The molecule has 15 aromatic carbocycles. The van der Waals surface area contributed by atoms with Crippen molar-refractivity contribution in [1.82, 2.24) is 0 Å². The van der Waals surface area contributed by atoms with Gasteiger partial charge in [-0.15, -0.1) is 12.4 Å². The molecule has 1 spiro atoms. The Morgan fingerprint density at radius 3 is 1.06 bits per heavy atom. The summed E-state index contributed by atoms with van der Waals surface area (Å²) >= 11 is 21.9. The first kappa shape index (κ1) is 78.2. The molecule has 0 aliphatic heterocycles. The third kappa shape index (κ3) is 15.3. The maximum absolute atomic E-state index is 12.8. The molecule has 0 saturated heterocycles. The Bertz CT molecular complexity index is 5680. The van der Waals surface area contributed by atoms with E-state index in [-0.39, 0.29) is 42.5 Å². The minimum Gasteiger partial charge on any atom is -0.481 e. The molecule has 0 heterocycles. The summed E-state index contributed by atoms with van der Waals surface area (Å²) < 4.78 is 1.14. The average Bonchev–Trinajstić information content (AvgIpc) is 1.51. The van der Waals surface area contributed by atoms with Gasteiger partial charge in [-0.1, -0.05) is 380 Å². The molecule has 0 saturated carbocycles. The molecular weight excluding hydrogens is 1480 g/mol. The van der Waals surface area contributed by atoms with Gasteiger partial charge in [0, 0.05) is 54.3 Å². The standard InChI is InChI=1S/C31H21ClO.C31H19Cl.C19H11ClO.C12H9Br.C4H9.C2H4O2.ClH.Li/c32-23-19-17-22(18-20-23)25-13-8-14-27-26-12-5-7-16-29(26)31(33,30(25)27)28-15-6-4-11-24(28)21-9-2-1-3-10-21;32-21-18-16-20(17-19-21)22-11-7-12-26-25-10-3-6-15-29(25)31(30(22)26)27-13-4-1-8-23(27)24-9-2-5-14-28(24)31;20-13-10-8-12(9-11-13)14-6-3-7-16-15-4-1-2-5-17(15)19(21)18(14)16;13-12-9-5-4-8-11(12)10-6-2-1-3-7-10;1-3-4-2;1-2(3)4;;/h1-20,33H;1-19H;1-11H;1-9H;1,3-4H2,2H3;1H3,(H,3,4);1H;/q;;;;-1;;;+1. The summed E-state index contributed by atoms with van der Waals surface area (Å²) in [5, 5.41) is 22.3. The molecule has 4 aliphatic rings. The molecule has 4 nitrogen and oxygen atoms in total. The molecule has 10 heteroatoms. The smallest absolute Gasteiger partial charge is 0.481 e. The van der Waals surface area contributed by atoms with Crippen molar-refractivity contribution >= 4 is 74.9 Å². The maximum atomic E-state index is 12.8. The fraction of sp³-hybridized carbons (Fsp3) is 0.0606. The van der Waals surface area contributed by atoms with E-state index in [1.165, 1.54) is 73.2 Å². The van der Waals surface area contributed by atoms with Gasteiger partial charge in [-0.25, -0.2) is 0 Å². The quantitative estimate of drug-likeness (QED) is 0.123. The molecule has 0 bridgehead atoms. The molecule has 1 atom stereocenters. The first-order valence-corrected chi connectivity index (χ1v) is 37.6. The summed E-state index contributed by atoms with van der Waals surface area (Å²) in [5.74, 6) is -0.730. The topological polar surface area (TPSA) is 74.6 Å². The first-order chi connectivity index (χ1) is 52.3. The van der Waals surface area contributed by atoms with Gasteiger partial charge in [0.15, 0.2) is 5.78 Å². The molecule has 0 amide bonds. The van der Waals surface area contributed by atoms with Crippen molar-refractivity contribution in [3.8, 4) is 100 Å². The number of aliphatic carboxylic acids is 1. The number of benzene rings is 15. The summed E-state index contributed by atoms with van der Waals surface area (Å²) in [6.45, 7) is 6.81. The van der Waals surface area contributed by atoms with E-state index in [2.05, 4.69) is 212 Å². The molecule has 19 rings (SSSR count). The van der Waals surface area contributed by atoms with Crippen LogP contribution >= 0.6 is 63.1 Å². The van der Waals surface area contributed by atoms with Crippen LogP contribution in [0, 0.1) is 6.92 Å². The normalized spacial score (nSPS) is 13.1. The van der Waals surface area contributed by atoms with Crippen LogP contribution in [0.5, 0.6) is 0 Å². The number of carbonyl (C=O) groups excluding carboxylic acids is 1. The van der Waals surface area contributed by atoms with Gasteiger partial charge in [-0.05, 0) is 165 Å². The summed E-state index contributed by atoms with van der Waals surface area (Å²) in [4.78, 5) is 21.7. The SMILES string of the molecule is Brc1ccccc1-c1ccccc1.CC(=O)O.Cl.Clc1ccc(-c2cccc3c2C2(c4ccccc4-c4ccccc42)c2ccccc2-3)cc1.O=C1c2ccccc2-c2cccc(-c3ccc(Cl)cc3)c21.OC1(c2ccccc2-c2ccccc2)c2ccccc2-c2cccc(-c3ccc(Cl)cc3)c21.[CH2-]CCC.[Li+]. The number of ketones is 1. The van der Waals surface area contributed by atoms with E-state index in [1.807, 2.05) is 176 Å². The maximum Gasteiger partial charge on any atom is 1.00 e. The number of fused-ring (bicyclic) bond motifs is 16. The third-order valence-electron chi connectivity index (χ3n) is 20.0. The zero-order valence-corrected chi connectivity index (χ0v) is 65.0. The van der Waals surface area contributed by atoms with Crippen LogP contribution in [0.3, 0.4) is 0 Å². The number of carbonyl (C=O) groups is 2. The Kier molecular flexibility index (Phi) is 25.0. The number of hydrogen-bond acceptors (Lipinski definition) is 3. The molecule has 15 aromatic rings. The second kappa shape index (κ2) is 34.9. The minimum atomic E-state index is -1.30. The predicted octanol–water partition coefficient (Wildman–Crippen LogP) is 24.8. The van der Waals surface area contributed by atoms with Crippen LogP contribution in [0.2, 0.25) is 15.1 Å². The van der Waals surface area contributed by atoms with Crippen molar-refractivity contribution in [2.45, 2.75) is 37.7 Å². The number of carboxylic acid groups (broad SMARTS) is 1. The fourth-order valence-electron chi connectivity index (χ4n) is 15.4. The van der Waals surface area contributed by atoms with E-state index in [1.54, 1.807) is 0 Å². The summed E-state index contributed by atoms with van der Waals surface area (Å²) in [7, 11) is 0. The van der Waals surface area contributed by atoms with Gasteiger partial charge in [-0.2, -0.15) is 6.42 Å². The zero-order chi connectivity index (χ0) is 74.2. The van der Waals surface area contributed by atoms with Crippen LogP contribution in [0.1, 0.15) is 81.6 Å². The van der Waals surface area contributed by atoms with Crippen molar-refractivity contribution < 1.29 is 38.7 Å². The van der Waals surface area contributed by atoms with Gasteiger partial charge in [0.2, 0.25) is 0 Å².